The number of ether oxygens (including phenoxy) is 3. The van der Waals surface area contributed by atoms with Crippen LogP contribution in [0.2, 0.25) is 0 Å². The Labute approximate surface area is 567 Å². The molecule has 0 unspecified atom stereocenters. The van der Waals surface area contributed by atoms with Crippen LogP contribution in [0.15, 0.2) is 200 Å². The minimum Gasteiger partial charge on any atom is -0.480 e. The molecule has 27 heteroatoms. The lowest BCUT2D eigenvalue weighted by molar-refractivity contribution is -0.161. The highest BCUT2D eigenvalue weighted by Gasteiger charge is 2.37. The van der Waals surface area contributed by atoms with Crippen LogP contribution in [-0.2, 0) is 23.8 Å². The molecule has 2 aliphatic rings. The van der Waals surface area contributed by atoms with Gasteiger partial charge >= 0.3 is 11.9 Å². The summed E-state index contributed by atoms with van der Waals surface area (Å²) < 4.78 is 86.4. The standard InChI is InChI=1S/C27H31F2N5O3.C23H23F2N5O3.C11H9FN2.C5H4BrN.I2/c1-26(2,3)37-25(35)18-36-19-27(29)11-14-33(15-12-27)23-16-30-17-24(32-23)34(22-6-4-5-13-31-22)21-9-7-20(28)8-10-21;24-17-4-6-18(7-5-17)30(19-3-1-2-10-27-19)21-14-26-13-20(28-21)29-11-8-23(25,9-12-29)16-33-15-22(31)32;12-9-4-6-10(7-5-9)14-11-3-1-2-8-13-11;6-5-3-1-2-4-7-5;1-2/h4-10,13,16-17H,11-12,14-15,18-19H2,1-3H3;1-7,10,13-14H,8-9,11-12,15-16H2,(H,31,32);1-8H,(H,13,14);1-4H;. The molecule has 19 nitrogen and oxygen atoms in total. The van der Waals surface area contributed by atoms with Crippen molar-refractivity contribution in [2.75, 3.05) is 77.5 Å². The number of esters is 1. The van der Waals surface area contributed by atoms with E-state index in [-0.39, 0.29) is 63.0 Å². The lowest BCUT2D eigenvalue weighted by atomic mass is 9.94. The summed E-state index contributed by atoms with van der Waals surface area (Å²) in [5.74, 6) is 1.52. The van der Waals surface area contributed by atoms with E-state index in [0.717, 1.165) is 16.1 Å². The minimum atomic E-state index is -1.58. The van der Waals surface area contributed by atoms with Gasteiger partial charge in [-0.15, -0.1) is 0 Å². The van der Waals surface area contributed by atoms with Gasteiger partial charge in [-0.1, -0.05) is 24.3 Å². The molecule has 2 fully saturated rings. The van der Waals surface area contributed by atoms with Crippen molar-refractivity contribution in [3.8, 4) is 0 Å². The fraction of sp³-hybridized carbons (Fsp3) is 0.273. The van der Waals surface area contributed by atoms with Gasteiger partial charge in [-0.05, 0) is 158 Å². The first-order valence-electron chi connectivity index (χ1n) is 29.0. The van der Waals surface area contributed by atoms with Gasteiger partial charge in [0.25, 0.3) is 0 Å². The van der Waals surface area contributed by atoms with Gasteiger partial charge < -0.3 is 34.4 Å². The Morgan fingerprint density at radius 2 is 0.968 bits per heavy atom. The molecule has 6 aromatic heterocycles. The Bertz CT molecular complexity index is 3680. The van der Waals surface area contributed by atoms with Crippen molar-refractivity contribution >= 4 is 123 Å². The number of carboxylic acids is 1. The lowest BCUT2D eigenvalue weighted by Crippen LogP contribution is -2.45. The number of piperidine rings is 2. The average molecular weight is 1570 g/mol. The number of hydrogen-bond acceptors (Lipinski definition) is 18. The van der Waals surface area contributed by atoms with E-state index in [1.165, 1.54) is 36.4 Å². The largest absolute Gasteiger partial charge is 0.480 e. The molecule has 2 aliphatic heterocycles. The highest BCUT2D eigenvalue weighted by Crippen LogP contribution is 2.36. The molecule has 0 radical (unpaired) electrons. The number of aliphatic carboxylic acids is 1. The van der Waals surface area contributed by atoms with E-state index in [0.29, 0.717) is 72.5 Å². The fourth-order valence-electron chi connectivity index (χ4n) is 9.16. The normalized spacial score (nSPS) is 13.7. The summed E-state index contributed by atoms with van der Waals surface area (Å²) in [6.45, 7) is 5.65. The molecule has 8 heterocycles. The summed E-state index contributed by atoms with van der Waals surface area (Å²) in [6.07, 6.45) is 14.0. The predicted molar refractivity (Wildman–Crippen MR) is 369 cm³/mol. The second-order valence-electron chi connectivity index (χ2n) is 21.7. The van der Waals surface area contributed by atoms with Crippen molar-refractivity contribution in [1.82, 2.24) is 39.9 Å². The molecule has 0 amide bonds. The average Bonchev–Trinajstić information content (AvgIpc) is 0.863. The number of aromatic nitrogens is 8. The van der Waals surface area contributed by atoms with Crippen molar-refractivity contribution < 1.29 is 50.9 Å². The molecule has 0 saturated carbocycles. The first kappa shape index (κ1) is 72.3. The zero-order chi connectivity index (χ0) is 66.6. The van der Waals surface area contributed by atoms with Crippen LogP contribution in [0.4, 0.5) is 79.7 Å². The fourth-order valence-corrected chi connectivity index (χ4v) is 9.43. The second-order valence-corrected chi connectivity index (χ2v) is 22.5. The Kier molecular flexibility index (Phi) is 28.3. The van der Waals surface area contributed by atoms with Crippen LogP contribution >= 0.6 is 53.2 Å². The second kappa shape index (κ2) is 36.4. The lowest BCUT2D eigenvalue weighted by Gasteiger charge is -2.37. The van der Waals surface area contributed by atoms with E-state index < -0.39 is 35.5 Å². The maximum atomic E-state index is 15.3. The Hall–Kier alpha value is -8.13. The van der Waals surface area contributed by atoms with Crippen molar-refractivity contribution in [2.45, 2.75) is 63.4 Å². The van der Waals surface area contributed by atoms with Crippen LogP contribution in [-0.4, -0.2) is 126 Å². The quantitative estimate of drug-likeness (QED) is 0.0354. The third-order valence-electron chi connectivity index (χ3n) is 13.6. The predicted octanol–water partition coefficient (Wildman–Crippen LogP) is 15.6. The van der Waals surface area contributed by atoms with Crippen LogP contribution in [0.5, 0.6) is 0 Å². The third kappa shape index (κ3) is 24.1. The van der Waals surface area contributed by atoms with Crippen LogP contribution in [0.1, 0.15) is 46.5 Å². The molecule has 2 saturated heterocycles. The van der Waals surface area contributed by atoms with Crippen LogP contribution in [0, 0.1) is 17.5 Å². The van der Waals surface area contributed by atoms with E-state index in [1.807, 2.05) is 76.5 Å². The molecule has 488 valence electrons. The van der Waals surface area contributed by atoms with E-state index >= 15 is 4.39 Å². The smallest absolute Gasteiger partial charge is 0.332 e. The van der Waals surface area contributed by atoms with Crippen molar-refractivity contribution in [2.24, 2.45) is 0 Å². The highest BCUT2D eigenvalue weighted by molar-refractivity contribution is 15.0. The number of alkyl halides is 2. The molecule has 0 bridgehead atoms. The Balaban J connectivity index is 0.000000198. The molecule has 3 aromatic carbocycles. The number of benzene rings is 3. The summed E-state index contributed by atoms with van der Waals surface area (Å²) in [5.41, 5.74) is -1.57. The maximum absolute atomic E-state index is 15.3. The van der Waals surface area contributed by atoms with E-state index in [2.05, 4.69) is 88.4 Å². The first-order valence-corrected chi connectivity index (χ1v) is 36.1. The number of rotatable bonds is 18. The first-order chi connectivity index (χ1) is 44.8. The molecule has 0 aliphatic carbocycles. The zero-order valence-electron chi connectivity index (χ0n) is 50.8. The number of nitrogens with zero attached hydrogens (tertiary/aromatic N) is 12. The summed E-state index contributed by atoms with van der Waals surface area (Å²) in [6, 6.07) is 40.4. The molecule has 11 rings (SSSR count). The van der Waals surface area contributed by atoms with Crippen LogP contribution in [0.3, 0.4) is 0 Å². The maximum Gasteiger partial charge on any atom is 0.332 e. The zero-order valence-corrected chi connectivity index (χ0v) is 56.7. The summed E-state index contributed by atoms with van der Waals surface area (Å²) >= 11 is 7.44. The van der Waals surface area contributed by atoms with Gasteiger partial charge in [0.05, 0.1) is 38.0 Å². The summed E-state index contributed by atoms with van der Waals surface area (Å²) in [5, 5.41) is 11.7. The van der Waals surface area contributed by atoms with Gasteiger partial charge in [0.2, 0.25) is 0 Å². The number of halogens is 8. The number of carbonyl (C=O) groups excluding carboxylic acids is 1. The minimum absolute atomic E-state index is 0.177. The third-order valence-corrected chi connectivity index (χ3v) is 14.0. The topological polar surface area (TPSA) is 210 Å². The Morgan fingerprint density at radius 1 is 0.559 bits per heavy atom. The number of hydrogen-bond donors (Lipinski definition) is 2. The highest BCUT2D eigenvalue weighted by atomic mass is 128. The molecule has 0 spiro atoms. The molecule has 9 aromatic rings. The van der Waals surface area contributed by atoms with Crippen molar-refractivity contribution in [3.05, 3.63) is 217 Å². The SMILES string of the molecule is Brc1ccccn1.CC(C)(C)OC(=O)COCC1(F)CCN(c2cncc(N(c3ccc(F)cc3)c3ccccn3)n2)CC1.Fc1ccc(Nc2ccccn2)cc1.II.O=C(O)COCC1(F)CCN(c2cncc(N(c3ccc(F)cc3)c3ccccn3)n2)CC1. The van der Waals surface area contributed by atoms with Gasteiger partial charge in [0.1, 0.15) is 81.3 Å². The molecular weight excluding hydrogens is 1500 g/mol. The summed E-state index contributed by atoms with van der Waals surface area (Å²) in [4.78, 5) is 64.9. The number of nitrogens with one attached hydrogen (secondary N) is 1. The number of pyridine rings is 4. The molecule has 93 heavy (non-hydrogen) atoms. The van der Waals surface area contributed by atoms with Crippen LogP contribution < -0.4 is 24.9 Å². The van der Waals surface area contributed by atoms with Crippen molar-refractivity contribution in [3.63, 3.8) is 0 Å². The summed E-state index contributed by atoms with van der Waals surface area (Å²) in [7, 11) is 0. The van der Waals surface area contributed by atoms with E-state index in [1.54, 1.807) is 123 Å². The number of anilines is 10. The van der Waals surface area contributed by atoms with E-state index in [4.69, 9.17) is 29.3 Å². The van der Waals surface area contributed by atoms with E-state index in [9.17, 15) is 27.2 Å². The van der Waals surface area contributed by atoms with Gasteiger partial charge in [-0.3, -0.25) is 19.8 Å². The van der Waals surface area contributed by atoms with Crippen molar-refractivity contribution in [1.29, 1.82) is 0 Å². The van der Waals surface area contributed by atoms with Crippen LogP contribution in [0.25, 0.3) is 0 Å². The van der Waals surface area contributed by atoms with Gasteiger partial charge in [0, 0.05) is 131 Å². The number of carboxylic acid groups (broad SMARTS) is 1. The Morgan fingerprint density at radius 3 is 1.33 bits per heavy atom. The van der Waals surface area contributed by atoms with Gasteiger partial charge in [-0.25, -0.2) is 61.4 Å². The molecule has 0 atom stereocenters. The molecular formula is C66H67BrF5I2N13O6. The molecule has 2 N–H and O–H groups in total. The monoisotopic (exact) mass is 1570 g/mol. The van der Waals surface area contributed by atoms with Gasteiger partial charge in [0.15, 0.2) is 11.6 Å². The number of carbonyl (C=O) groups is 2. The van der Waals surface area contributed by atoms with Gasteiger partial charge in [-0.2, -0.15) is 0 Å².